The number of carbonyl (C=O) groups is 2. The maximum atomic E-state index is 13.4. The number of nitrogens with zero attached hydrogens (tertiary/aromatic N) is 1. The van der Waals surface area contributed by atoms with Crippen molar-refractivity contribution in [3.63, 3.8) is 0 Å². The van der Waals surface area contributed by atoms with Crippen molar-refractivity contribution in [2.24, 2.45) is 0 Å². The Morgan fingerprint density at radius 1 is 1.40 bits per heavy atom. The van der Waals surface area contributed by atoms with Crippen molar-refractivity contribution in [3.05, 3.63) is 27.7 Å². The number of nitrogens with one attached hydrogen (secondary N) is 2. The minimum Gasteiger partial charge on any atom is -0.330 e. The van der Waals surface area contributed by atoms with Gasteiger partial charge in [-0.05, 0) is 24.7 Å². The number of imide groups is 1. The van der Waals surface area contributed by atoms with Crippen LogP contribution in [0.25, 0.3) is 11.0 Å². The van der Waals surface area contributed by atoms with E-state index in [1.54, 1.807) is 4.57 Å². The quantitative estimate of drug-likeness (QED) is 0.628. The summed E-state index contributed by atoms with van der Waals surface area (Å²) in [6.45, 7) is 0. The number of H-pyrrole nitrogens is 1. The summed E-state index contributed by atoms with van der Waals surface area (Å²) in [5.74, 6) is -1.29. The van der Waals surface area contributed by atoms with Gasteiger partial charge in [-0.15, -0.1) is 0 Å². The van der Waals surface area contributed by atoms with Gasteiger partial charge in [0, 0.05) is 12.5 Å². The van der Waals surface area contributed by atoms with Crippen molar-refractivity contribution in [1.29, 1.82) is 0 Å². The van der Waals surface area contributed by atoms with Crippen molar-refractivity contribution in [3.8, 4) is 0 Å². The highest BCUT2D eigenvalue weighted by Crippen LogP contribution is 2.28. The first-order valence-electron chi connectivity index (χ1n) is 5.90. The molecule has 2 heterocycles. The number of benzene rings is 1. The molecule has 2 aromatic rings. The number of rotatable bonds is 1. The summed E-state index contributed by atoms with van der Waals surface area (Å²) < 4.78 is 15.3. The molecular weight excluding hydrogens is 305 g/mol. The summed E-state index contributed by atoms with van der Waals surface area (Å²) in [7, 11) is 0. The average Bonchev–Trinajstić information content (AvgIpc) is 2.66. The van der Waals surface area contributed by atoms with Crippen molar-refractivity contribution < 1.29 is 14.0 Å². The molecular formula is C12H9ClFN3O2S. The maximum absolute atomic E-state index is 13.4. The van der Waals surface area contributed by atoms with Gasteiger partial charge in [-0.25, -0.2) is 4.39 Å². The molecule has 0 aliphatic carbocycles. The fourth-order valence-electron chi connectivity index (χ4n) is 2.36. The van der Waals surface area contributed by atoms with Crippen LogP contribution in [0, 0.1) is 10.6 Å². The third-order valence-corrected chi connectivity index (χ3v) is 3.87. The highest BCUT2D eigenvalue weighted by Gasteiger charge is 2.29. The van der Waals surface area contributed by atoms with Crippen molar-refractivity contribution >= 4 is 46.7 Å². The van der Waals surface area contributed by atoms with E-state index in [0.29, 0.717) is 17.5 Å². The van der Waals surface area contributed by atoms with Gasteiger partial charge < -0.3 is 9.55 Å². The molecule has 1 fully saturated rings. The van der Waals surface area contributed by atoms with Crippen molar-refractivity contribution in [1.82, 2.24) is 14.9 Å². The van der Waals surface area contributed by atoms with Crippen LogP contribution in [0.15, 0.2) is 12.1 Å². The number of aromatic amines is 1. The summed E-state index contributed by atoms with van der Waals surface area (Å²) >= 11 is 11.0. The Morgan fingerprint density at radius 2 is 2.15 bits per heavy atom. The number of imidazole rings is 1. The molecule has 1 atom stereocenters. The van der Waals surface area contributed by atoms with Gasteiger partial charge in [-0.3, -0.25) is 14.9 Å². The molecule has 1 aromatic carbocycles. The van der Waals surface area contributed by atoms with Crippen LogP contribution in [-0.2, 0) is 9.59 Å². The number of halogens is 2. The lowest BCUT2D eigenvalue weighted by atomic mass is 10.1. The molecule has 2 amide bonds. The number of fused-ring (bicyclic) bond motifs is 1. The van der Waals surface area contributed by atoms with E-state index in [0.717, 1.165) is 0 Å². The minimum atomic E-state index is -0.601. The average molecular weight is 314 g/mol. The Morgan fingerprint density at radius 3 is 2.85 bits per heavy atom. The zero-order valence-corrected chi connectivity index (χ0v) is 11.6. The molecule has 1 saturated heterocycles. The zero-order valence-electron chi connectivity index (χ0n) is 10.1. The van der Waals surface area contributed by atoms with Crippen LogP contribution in [0.3, 0.4) is 0 Å². The van der Waals surface area contributed by atoms with Gasteiger partial charge in [0.1, 0.15) is 11.9 Å². The van der Waals surface area contributed by atoms with Crippen LogP contribution in [0.1, 0.15) is 18.9 Å². The van der Waals surface area contributed by atoms with E-state index >= 15 is 0 Å². The Balaban J connectivity index is 2.18. The van der Waals surface area contributed by atoms with Crippen LogP contribution in [0.5, 0.6) is 0 Å². The smallest absolute Gasteiger partial charge is 0.249 e. The molecule has 1 aromatic heterocycles. The fraction of sp³-hybridized carbons (Fsp3) is 0.250. The zero-order chi connectivity index (χ0) is 14.4. The first kappa shape index (κ1) is 13.3. The maximum Gasteiger partial charge on any atom is 0.249 e. The number of amides is 2. The molecule has 20 heavy (non-hydrogen) atoms. The van der Waals surface area contributed by atoms with E-state index in [-0.39, 0.29) is 22.1 Å². The van der Waals surface area contributed by atoms with Crippen molar-refractivity contribution in [2.45, 2.75) is 18.9 Å². The Hall–Kier alpha value is -1.73. The molecule has 1 unspecified atom stereocenters. The Labute approximate surface area is 122 Å². The van der Waals surface area contributed by atoms with Crippen LogP contribution in [-0.4, -0.2) is 21.4 Å². The molecule has 8 heteroatoms. The molecule has 0 saturated carbocycles. The summed E-state index contributed by atoms with van der Waals surface area (Å²) in [4.78, 5) is 26.0. The molecule has 2 N–H and O–H groups in total. The number of aromatic nitrogens is 2. The Bertz CT molecular complexity index is 798. The largest absolute Gasteiger partial charge is 0.330 e. The number of piperidine rings is 1. The van der Waals surface area contributed by atoms with Gasteiger partial charge in [0.15, 0.2) is 4.77 Å². The molecule has 0 bridgehead atoms. The van der Waals surface area contributed by atoms with Gasteiger partial charge in [-0.1, -0.05) is 11.6 Å². The van der Waals surface area contributed by atoms with E-state index in [1.807, 2.05) is 0 Å². The minimum absolute atomic E-state index is 0.0486. The molecule has 104 valence electrons. The molecule has 5 nitrogen and oxygen atoms in total. The third kappa shape index (κ3) is 2.03. The summed E-state index contributed by atoms with van der Waals surface area (Å²) in [6, 6.07) is 2.05. The van der Waals surface area contributed by atoms with Gasteiger partial charge >= 0.3 is 0 Å². The van der Waals surface area contributed by atoms with Crippen molar-refractivity contribution in [2.75, 3.05) is 0 Å². The molecule has 1 aliphatic rings. The monoisotopic (exact) mass is 313 g/mol. The molecule has 1 aliphatic heterocycles. The summed E-state index contributed by atoms with van der Waals surface area (Å²) in [6.07, 6.45) is 0.584. The second-order valence-corrected chi connectivity index (χ2v) is 5.34. The summed E-state index contributed by atoms with van der Waals surface area (Å²) in [5.41, 5.74) is 0.998. The van der Waals surface area contributed by atoms with Crippen LogP contribution in [0.2, 0.25) is 5.02 Å². The standard InChI is InChI=1S/C12H9ClFN3O2S/c13-5-3-9-7(4-6(5)14)15-12(20)17(9)8-1-2-10(18)16-11(8)19/h3-4,8H,1-2H2,(H,15,20)(H,16,18,19). The van der Waals surface area contributed by atoms with E-state index < -0.39 is 17.8 Å². The second kappa shape index (κ2) is 4.68. The SMILES string of the molecule is O=C1CCC(n2c(=S)[nH]c3cc(F)c(Cl)cc32)C(=O)N1. The second-order valence-electron chi connectivity index (χ2n) is 4.55. The highest BCUT2D eigenvalue weighted by molar-refractivity contribution is 7.71. The molecule has 0 radical (unpaired) electrons. The van der Waals surface area contributed by atoms with E-state index in [4.69, 9.17) is 23.8 Å². The topological polar surface area (TPSA) is 66.9 Å². The highest BCUT2D eigenvalue weighted by atomic mass is 35.5. The lowest BCUT2D eigenvalue weighted by Crippen LogP contribution is -2.41. The fourth-order valence-corrected chi connectivity index (χ4v) is 2.85. The first-order valence-corrected chi connectivity index (χ1v) is 6.69. The van der Waals surface area contributed by atoms with Gasteiger partial charge in [0.25, 0.3) is 0 Å². The lowest BCUT2D eigenvalue weighted by Gasteiger charge is -2.22. The van der Waals surface area contributed by atoms with Crippen LogP contribution in [0.4, 0.5) is 4.39 Å². The Kier molecular flexibility index (Phi) is 3.10. The summed E-state index contributed by atoms with van der Waals surface area (Å²) in [5, 5.41) is 2.22. The number of hydrogen-bond acceptors (Lipinski definition) is 3. The van der Waals surface area contributed by atoms with E-state index in [9.17, 15) is 14.0 Å². The van der Waals surface area contributed by atoms with Gasteiger partial charge in [-0.2, -0.15) is 0 Å². The normalized spacial score (nSPS) is 19.4. The lowest BCUT2D eigenvalue weighted by molar-refractivity contribution is -0.135. The van der Waals surface area contributed by atoms with E-state index in [2.05, 4.69) is 10.3 Å². The van der Waals surface area contributed by atoms with Crippen LogP contribution >= 0.6 is 23.8 Å². The first-order chi connectivity index (χ1) is 9.47. The molecule has 3 rings (SSSR count). The van der Waals surface area contributed by atoms with Gasteiger partial charge in [0.05, 0.1) is 16.1 Å². The van der Waals surface area contributed by atoms with Gasteiger partial charge in [0.2, 0.25) is 11.8 Å². The van der Waals surface area contributed by atoms with Crippen LogP contribution < -0.4 is 5.32 Å². The van der Waals surface area contributed by atoms with E-state index in [1.165, 1.54) is 12.1 Å². The number of hydrogen-bond donors (Lipinski definition) is 2. The number of carbonyl (C=O) groups excluding carboxylic acids is 2. The predicted molar refractivity (Wildman–Crippen MR) is 73.5 cm³/mol. The molecule has 0 spiro atoms. The predicted octanol–water partition coefficient (Wildman–Crippen LogP) is 2.47. The third-order valence-electron chi connectivity index (χ3n) is 3.28.